The summed E-state index contributed by atoms with van der Waals surface area (Å²) in [7, 11) is 7.80. The van der Waals surface area contributed by atoms with E-state index in [0.29, 0.717) is 53.8 Å². The lowest BCUT2D eigenvalue weighted by Gasteiger charge is -2.28. The maximum atomic E-state index is 12.7. The summed E-state index contributed by atoms with van der Waals surface area (Å²) in [5.41, 5.74) is 2.25. The molecule has 182 valence electrons. The number of benzene rings is 2. The number of rotatable bonds is 9. The van der Waals surface area contributed by atoms with Crippen molar-refractivity contribution < 1.29 is 33.3 Å². The van der Waals surface area contributed by atoms with Crippen LogP contribution in [0.1, 0.15) is 22.3 Å². The Labute approximate surface area is 199 Å². The zero-order valence-corrected chi connectivity index (χ0v) is 20.1. The molecule has 0 saturated carbocycles. The zero-order chi connectivity index (χ0) is 24.7. The van der Waals surface area contributed by atoms with Gasteiger partial charge in [-0.3, -0.25) is 9.59 Å². The van der Waals surface area contributed by atoms with Crippen molar-refractivity contribution in [2.24, 2.45) is 0 Å². The number of hydrogen-bond donors (Lipinski definition) is 1. The summed E-state index contributed by atoms with van der Waals surface area (Å²) in [6.07, 6.45) is 2.60. The Morgan fingerprint density at radius 3 is 2.03 bits per heavy atom. The van der Waals surface area contributed by atoms with Gasteiger partial charge in [0.1, 0.15) is 17.2 Å². The van der Waals surface area contributed by atoms with Gasteiger partial charge in [-0.2, -0.15) is 0 Å². The molecule has 2 amide bonds. The molecular weight excluding hydrogens is 440 g/mol. The third-order valence-corrected chi connectivity index (χ3v) is 5.64. The summed E-state index contributed by atoms with van der Waals surface area (Å²) in [5, 5.41) is 2.68. The van der Waals surface area contributed by atoms with Gasteiger partial charge >= 0.3 is 0 Å². The van der Waals surface area contributed by atoms with Crippen LogP contribution in [0, 0.1) is 0 Å². The summed E-state index contributed by atoms with van der Waals surface area (Å²) < 4.78 is 26.8. The molecule has 2 aromatic rings. The molecule has 3 rings (SSSR count). The second-order valence-corrected chi connectivity index (χ2v) is 7.48. The van der Waals surface area contributed by atoms with E-state index in [0.717, 1.165) is 11.1 Å². The van der Waals surface area contributed by atoms with Crippen LogP contribution < -0.4 is 29.0 Å². The van der Waals surface area contributed by atoms with Gasteiger partial charge in [0, 0.05) is 30.8 Å². The molecule has 0 spiro atoms. The minimum absolute atomic E-state index is 0.106. The van der Waals surface area contributed by atoms with Crippen molar-refractivity contribution >= 4 is 17.4 Å². The largest absolute Gasteiger partial charge is 0.496 e. The molecule has 1 aliphatic rings. The maximum Gasteiger partial charge on any atom is 0.251 e. The number of nitrogens with zero attached hydrogens (tertiary/aromatic N) is 1. The van der Waals surface area contributed by atoms with Crippen LogP contribution in [0.25, 0.3) is 5.57 Å². The quantitative estimate of drug-likeness (QED) is 0.602. The van der Waals surface area contributed by atoms with Crippen LogP contribution in [-0.4, -0.2) is 71.9 Å². The Hall–Kier alpha value is -3.88. The fourth-order valence-corrected chi connectivity index (χ4v) is 3.79. The van der Waals surface area contributed by atoms with Crippen LogP contribution in [0.4, 0.5) is 0 Å². The van der Waals surface area contributed by atoms with Crippen molar-refractivity contribution in [3.05, 3.63) is 47.5 Å². The maximum absolute atomic E-state index is 12.7. The third kappa shape index (κ3) is 5.36. The first-order valence-corrected chi connectivity index (χ1v) is 10.7. The van der Waals surface area contributed by atoms with Crippen molar-refractivity contribution in [1.82, 2.24) is 10.2 Å². The van der Waals surface area contributed by atoms with Crippen LogP contribution in [0.15, 0.2) is 36.4 Å². The highest BCUT2D eigenvalue weighted by Crippen LogP contribution is 2.40. The van der Waals surface area contributed by atoms with Crippen molar-refractivity contribution in [3.8, 4) is 28.7 Å². The van der Waals surface area contributed by atoms with Gasteiger partial charge < -0.3 is 33.9 Å². The highest BCUT2D eigenvalue weighted by Gasteiger charge is 2.23. The summed E-state index contributed by atoms with van der Waals surface area (Å²) in [6.45, 7) is 0.819. The summed E-state index contributed by atoms with van der Waals surface area (Å²) in [6, 6.07) is 8.45. The van der Waals surface area contributed by atoms with E-state index in [2.05, 4.69) is 5.32 Å². The number of nitrogens with one attached hydrogen (secondary N) is 1. The number of hydrogen-bond acceptors (Lipinski definition) is 7. The standard InChI is InChI=1S/C25H30N2O7/c1-30-18-13-21(33-4)24(22(14-18)34-5)16-8-10-27(11-9-16)23(28)15-26-25(29)17-6-7-19(31-2)20(12-17)32-3/h6-8,12-14H,9-11,15H2,1-5H3,(H,26,29). The van der Waals surface area contributed by atoms with Gasteiger partial charge in [0.05, 0.1) is 47.7 Å². The van der Waals surface area contributed by atoms with Crippen LogP contribution in [0.5, 0.6) is 28.7 Å². The number of methoxy groups -OCH3 is 5. The van der Waals surface area contributed by atoms with E-state index in [-0.39, 0.29) is 18.4 Å². The Kier molecular flexibility index (Phi) is 8.24. The Morgan fingerprint density at radius 1 is 0.853 bits per heavy atom. The lowest BCUT2D eigenvalue weighted by Crippen LogP contribution is -2.42. The fourth-order valence-electron chi connectivity index (χ4n) is 3.79. The average molecular weight is 471 g/mol. The van der Waals surface area contributed by atoms with Gasteiger partial charge in [0.15, 0.2) is 11.5 Å². The smallest absolute Gasteiger partial charge is 0.251 e. The second kappa shape index (κ2) is 11.3. The molecule has 1 aliphatic heterocycles. The van der Waals surface area contributed by atoms with Crippen LogP contribution in [-0.2, 0) is 4.79 Å². The lowest BCUT2D eigenvalue weighted by atomic mass is 9.97. The van der Waals surface area contributed by atoms with Gasteiger partial charge in [0.2, 0.25) is 5.91 Å². The molecule has 2 aromatic carbocycles. The number of amides is 2. The van der Waals surface area contributed by atoms with Crippen molar-refractivity contribution in [2.45, 2.75) is 6.42 Å². The van der Waals surface area contributed by atoms with E-state index in [1.807, 2.05) is 6.08 Å². The van der Waals surface area contributed by atoms with Gasteiger partial charge in [-0.15, -0.1) is 0 Å². The lowest BCUT2D eigenvalue weighted by molar-refractivity contribution is -0.129. The minimum Gasteiger partial charge on any atom is -0.496 e. The third-order valence-electron chi connectivity index (χ3n) is 5.64. The molecule has 34 heavy (non-hydrogen) atoms. The zero-order valence-electron chi connectivity index (χ0n) is 20.1. The van der Waals surface area contributed by atoms with Gasteiger partial charge in [0.25, 0.3) is 5.91 Å². The molecule has 0 aliphatic carbocycles. The molecular formula is C25H30N2O7. The van der Waals surface area contributed by atoms with E-state index in [4.69, 9.17) is 23.7 Å². The van der Waals surface area contributed by atoms with E-state index in [9.17, 15) is 9.59 Å². The second-order valence-electron chi connectivity index (χ2n) is 7.48. The van der Waals surface area contributed by atoms with Crippen molar-refractivity contribution in [3.63, 3.8) is 0 Å². The first kappa shape index (κ1) is 24.8. The van der Waals surface area contributed by atoms with Crippen LogP contribution in [0.3, 0.4) is 0 Å². The molecule has 0 bridgehead atoms. The molecule has 0 atom stereocenters. The molecule has 0 radical (unpaired) electrons. The van der Waals surface area contributed by atoms with Crippen molar-refractivity contribution in [2.75, 3.05) is 55.2 Å². The first-order valence-electron chi connectivity index (χ1n) is 10.7. The fraction of sp³-hybridized carbons (Fsp3) is 0.360. The minimum atomic E-state index is -0.366. The first-order chi connectivity index (χ1) is 16.4. The number of carbonyl (C=O) groups excluding carboxylic acids is 2. The Bertz CT molecular complexity index is 1060. The molecule has 0 unspecified atom stereocenters. The van der Waals surface area contributed by atoms with E-state index in [1.54, 1.807) is 56.6 Å². The average Bonchev–Trinajstić information content (AvgIpc) is 2.90. The monoisotopic (exact) mass is 470 g/mol. The molecule has 1 N–H and O–H groups in total. The topological polar surface area (TPSA) is 95.6 Å². The molecule has 0 saturated heterocycles. The van der Waals surface area contributed by atoms with E-state index < -0.39 is 0 Å². The predicted molar refractivity (Wildman–Crippen MR) is 127 cm³/mol. The predicted octanol–water partition coefficient (Wildman–Crippen LogP) is 2.78. The number of carbonyl (C=O) groups is 2. The summed E-state index contributed by atoms with van der Waals surface area (Å²) in [5.74, 6) is 2.36. The number of ether oxygens (including phenoxy) is 5. The van der Waals surface area contributed by atoms with Gasteiger partial charge in [-0.1, -0.05) is 6.08 Å². The summed E-state index contributed by atoms with van der Waals surface area (Å²) in [4.78, 5) is 26.9. The molecule has 1 heterocycles. The molecule has 9 heteroatoms. The highest BCUT2D eigenvalue weighted by atomic mass is 16.5. The van der Waals surface area contributed by atoms with Gasteiger partial charge in [-0.05, 0) is 30.2 Å². The van der Waals surface area contributed by atoms with Gasteiger partial charge in [-0.25, -0.2) is 0 Å². The molecule has 0 aromatic heterocycles. The normalized spacial score (nSPS) is 13.0. The SMILES string of the molecule is COc1cc(OC)c(C2=CCN(C(=O)CNC(=O)c3ccc(OC)c(OC)c3)CC2)c(OC)c1. The van der Waals surface area contributed by atoms with E-state index >= 15 is 0 Å². The molecule has 0 fully saturated rings. The molecule has 9 nitrogen and oxygen atoms in total. The Morgan fingerprint density at radius 2 is 1.50 bits per heavy atom. The Balaban J connectivity index is 1.65. The van der Waals surface area contributed by atoms with E-state index in [1.165, 1.54) is 14.2 Å². The summed E-state index contributed by atoms with van der Waals surface area (Å²) >= 11 is 0. The highest BCUT2D eigenvalue weighted by molar-refractivity contribution is 5.97. The van der Waals surface area contributed by atoms with Crippen LogP contribution in [0.2, 0.25) is 0 Å². The van der Waals surface area contributed by atoms with Crippen molar-refractivity contribution in [1.29, 1.82) is 0 Å². The van der Waals surface area contributed by atoms with Crippen LogP contribution >= 0.6 is 0 Å².